The molecule has 1 aliphatic rings. The fraction of sp³-hybridized carbons (Fsp3) is 0.286. The second kappa shape index (κ2) is 7.23. The number of amides is 2. The quantitative estimate of drug-likeness (QED) is 0.778. The van der Waals surface area contributed by atoms with Crippen molar-refractivity contribution in [2.45, 2.75) is 13.3 Å². The van der Waals surface area contributed by atoms with Gasteiger partial charge in [0.1, 0.15) is 0 Å². The Morgan fingerprint density at radius 1 is 1.04 bits per heavy atom. The van der Waals surface area contributed by atoms with Gasteiger partial charge in [-0.15, -0.1) is 0 Å². The molecule has 3 aromatic rings. The Hall–Kier alpha value is -3.15. The Bertz CT molecular complexity index is 969. The van der Waals surface area contributed by atoms with Gasteiger partial charge in [0.05, 0.1) is 12.0 Å². The van der Waals surface area contributed by atoms with E-state index in [0.29, 0.717) is 38.2 Å². The Morgan fingerprint density at radius 3 is 2.52 bits per heavy atom. The van der Waals surface area contributed by atoms with Crippen molar-refractivity contribution in [3.05, 3.63) is 65.6 Å². The summed E-state index contributed by atoms with van der Waals surface area (Å²) in [5.74, 6) is 0.0788. The number of aromatic nitrogens is 2. The van der Waals surface area contributed by atoms with E-state index in [-0.39, 0.29) is 11.8 Å². The molecule has 1 fully saturated rings. The van der Waals surface area contributed by atoms with Crippen LogP contribution in [0.1, 0.15) is 21.6 Å². The number of piperazine rings is 1. The van der Waals surface area contributed by atoms with Crippen LogP contribution in [0.3, 0.4) is 0 Å². The maximum atomic E-state index is 12.7. The fourth-order valence-corrected chi connectivity index (χ4v) is 3.49. The van der Waals surface area contributed by atoms with Crippen molar-refractivity contribution >= 4 is 22.7 Å². The number of nitrogens with zero attached hydrogens (tertiary/aromatic N) is 3. The zero-order chi connectivity index (χ0) is 18.8. The number of aryl methyl sites for hydroxylation is 1. The van der Waals surface area contributed by atoms with Gasteiger partial charge in [-0.1, -0.05) is 18.2 Å². The number of carbonyl (C=O) groups is 2. The van der Waals surface area contributed by atoms with Crippen LogP contribution < -0.4 is 0 Å². The molecule has 27 heavy (non-hydrogen) atoms. The number of H-pyrrole nitrogens is 1. The van der Waals surface area contributed by atoms with Crippen LogP contribution in [0, 0.1) is 6.92 Å². The van der Waals surface area contributed by atoms with Gasteiger partial charge >= 0.3 is 0 Å². The van der Waals surface area contributed by atoms with Gasteiger partial charge in [0, 0.05) is 55.2 Å². The smallest absolute Gasteiger partial charge is 0.255 e. The van der Waals surface area contributed by atoms with E-state index in [4.69, 9.17) is 0 Å². The molecule has 2 amide bonds. The van der Waals surface area contributed by atoms with Gasteiger partial charge in [0.2, 0.25) is 5.91 Å². The highest BCUT2D eigenvalue weighted by Gasteiger charge is 2.25. The average molecular weight is 362 g/mol. The molecule has 1 aliphatic heterocycles. The summed E-state index contributed by atoms with van der Waals surface area (Å²) in [7, 11) is 0. The van der Waals surface area contributed by atoms with Gasteiger partial charge < -0.3 is 14.8 Å². The van der Waals surface area contributed by atoms with Crippen LogP contribution in [0.2, 0.25) is 0 Å². The van der Waals surface area contributed by atoms with E-state index >= 15 is 0 Å². The van der Waals surface area contributed by atoms with Gasteiger partial charge in [0.15, 0.2) is 0 Å². The van der Waals surface area contributed by atoms with Gasteiger partial charge in [-0.25, -0.2) is 0 Å². The summed E-state index contributed by atoms with van der Waals surface area (Å²) in [5, 5.41) is 1.09. The summed E-state index contributed by atoms with van der Waals surface area (Å²) in [4.78, 5) is 36.3. The van der Waals surface area contributed by atoms with E-state index in [9.17, 15) is 9.59 Å². The third-order valence-electron chi connectivity index (χ3n) is 5.09. The number of hydrogen-bond acceptors (Lipinski definition) is 3. The first-order valence-corrected chi connectivity index (χ1v) is 9.16. The predicted molar refractivity (Wildman–Crippen MR) is 103 cm³/mol. The van der Waals surface area contributed by atoms with Crippen LogP contribution in [0.25, 0.3) is 10.9 Å². The van der Waals surface area contributed by atoms with E-state index in [1.54, 1.807) is 17.2 Å². The van der Waals surface area contributed by atoms with Crippen molar-refractivity contribution < 1.29 is 9.59 Å². The van der Waals surface area contributed by atoms with Crippen molar-refractivity contribution in [1.82, 2.24) is 19.8 Å². The molecule has 1 saturated heterocycles. The van der Waals surface area contributed by atoms with E-state index in [2.05, 4.69) is 9.97 Å². The highest BCUT2D eigenvalue weighted by Crippen LogP contribution is 2.19. The lowest BCUT2D eigenvalue weighted by atomic mass is 10.1. The van der Waals surface area contributed by atoms with Crippen molar-refractivity contribution in [1.29, 1.82) is 0 Å². The van der Waals surface area contributed by atoms with Crippen LogP contribution in [0.4, 0.5) is 0 Å². The van der Waals surface area contributed by atoms with Crippen LogP contribution in [-0.4, -0.2) is 57.8 Å². The zero-order valence-corrected chi connectivity index (χ0v) is 15.3. The summed E-state index contributed by atoms with van der Waals surface area (Å²) in [6.45, 7) is 4.11. The standard InChI is InChI=1S/C21H22N4O2/c1-15-6-7-16(13-22-15)21(27)25-10-8-24(9-11-25)20(26)12-17-14-23-19-5-3-2-4-18(17)19/h2-7,13-14,23H,8-12H2,1H3. The molecule has 0 saturated carbocycles. The van der Waals surface area contributed by atoms with E-state index in [0.717, 1.165) is 22.2 Å². The third kappa shape index (κ3) is 3.56. The number of nitrogens with one attached hydrogen (secondary N) is 1. The molecule has 138 valence electrons. The Balaban J connectivity index is 1.36. The monoisotopic (exact) mass is 362 g/mol. The average Bonchev–Trinajstić information content (AvgIpc) is 3.11. The molecule has 0 spiro atoms. The molecule has 6 heteroatoms. The molecular weight excluding hydrogens is 340 g/mol. The van der Waals surface area contributed by atoms with Crippen LogP contribution >= 0.6 is 0 Å². The summed E-state index contributed by atoms with van der Waals surface area (Å²) >= 11 is 0. The molecule has 0 aliphatic carbocycles. The van der Waals surface area contributed by atoms with Crippen molar-refractivity contribution in [2.24, 2.45) is 0 Å². The first kappa shape index (κ1) is 17.3. The lowest BCUT2D eigenvalue weighted by Crippen LogP contribution is -2.51. The van der Waals surface area contributed by atoms with Crippen molar-refractivity contribution in [2.75, 3.05) is 26.2 Å². The molecule has 2 aromatic heterocycles. The number of rotatable bonds is 3. The highest BCUT2D eigenvalue weighted by molar-refractivity contribution is 5.94. The van der Waals surface area contributed by atoms with E-state index < -0.39 is 0 Å². The molecule has 0 unspecified atom stereocenters. The highest BCUT2D eigenvalue weighted by atomic mass is 16.2. The fourth-order valence-electron chi connectivity index (χ4n) is 3.49. The molecule has 4 rings (SSSR count). The zero-order valence-electron chi connectivity index (χ0n) is 15.3. The minimum Gasteiger partial charge on any atom is -0.361 e. The minimum atomic E-state index is -0.0220. The summed E-state index contributed by atoms with van der Waals surface area (Å²) in [6.07, 6.45) is 3.90. The largest absolute Gasteiger partial charge is 0.361 e. The number of carbonyl (C=O) groups excluding carboxylic acids is 2. The molecule has 0 radical (unpaired) electrons. The molecule has 0 bridgehead atoms. The molecule has 6 nitrogen and oxygen atoms in total. The topological polar surface area (TPSA) is 69.3 Å². The summed E-state index contributed by atoms with van der Waals surface area (Å²) in [5.41, 5.74) is 3.54. The third-order valence-corrected chi connectivity index (χ3v) is 5.09. The SMILES string of the molecule is Cc1ccc(C(=O)N2CCN(C(=O)Cc3c[nH]c4ccccc34)CC2)cn1. The Labute approximate surface area is 157 Å². The van der Waals surface area contributed by atoms with Gasteiger partial charge in [0.25, 0.3) is 5.91 Å². The van der Waals surface area contributed by atoms with Gasteiger partial charge in [-0.05, 0) is 30.7 Å². The Morgan fingerprint density at radius 2 is 1.78 bits per heavy atom. The predicted octanol–water partition coefficient (Wildman–Crippen LogP) is 2.40. The molecule has 0 atom stereocenters. The number of pyridine rings is 1. The Kier molecular flexibility index (Phi) is 4.62. The molecular formula is C21H22N4O2. The minimum absolute atomic E-state index is 0.0220. The summed E-state index contributed by atoms with van der Waals surface area (Å²) < 4.78 is 0. The van der Waals surface area contributed by atoms with Crippen molar-refractivity contribution in [3.8, 4) is 0 Å². The van der Waals surface area contributed by atoms with Gasteiger partial charge in [-0.2, -0.15) is 0 Å². The van der Waals surface area contributed by atoms with Crippen LogP contribution in [0.5, 0.6) is 0 Å². The normalized spacial score (nSPS) is 14.6. The lowest BCUT2D eigenvalue weighted by molar-refractivity contribution is -0.131. The number of fused-ring (bicyclic) bond motifs is 1. The molecule has 1 aromatic carbocycles. The number of aromatic amines is 1. The second-order valence-electron chi connectivity index (χ2n) is 6.90. The van der Waals surface area contributed by atoms with E-state index in [1.165, 1.54) is 0 Å². The van der Waals surface area contributed by atoms with E-state index in [1.807, 2.05) is 48.4 Å². The number of para-hydroxylation sites is 1. The maximum Gasteiger partial charge on any atom is 0.255 e. The number of hydrogen-bond donors (Lipinski definition) is 1. The maximum absolute atomic E-state index is 12.7. The van der Waals surface area contributed by atoms with Crippen molar-refractivity contribution in [3.63, 3.8) is 0 Å². The van der Waals surface area contributed by atoms with Crippen LogP contribution in [-0.2, 0) is 11.2 Å². The first-order valence-electron chi connectivity index (χ1n) is 9.16. The van der Waals surface area contributed by atoms with Crippen LogP contribution in [0.15, 0.2) is 48.8 Å². The lowest BCUT2D eigenvalue weighted by Gasteiger charge is -2.34. The number of benzene rings is 1. The second-order valence-corrected chi connectivity index (χ2v) is 6.90. The first-order chi connectivity index (χ1) is 13.1. The summed E-state index contributed by atoms with van der Waals surface area (Å²) in [6, 6.07) is 11.6. The van der Waals surface area contributed by atoms with Gasteiger partial charge in [-0.3, -0.25) is 14.6 Å². The molecule has 1 N–H and O–H groups in total. The molecule has 3 heterocycles.